The van der Waals surface area contributed by atoms with Crippen molar-refractivity contribution in [3.8, 4) is 0 Å². The normalized spacial score (nSPS) is 36.1. The molecular weight excluding hydrogens is 752 g/mol. The number of carbonyl (C=O) groups is 5. The predicted octanol–water partition coefficient (Wildman–Crippen LogP) is 1.74. The van der Waals surface area contributed by atoms with Crippen LogP contribution in [0.3, 0.4) is 0 Å². The van der Waals surface area contributed by atoms with Crippen molar-refractivity contribution in [2.75, 3.05) is 6.61 Å². The zero-order valence-electron chi connectivity index (χ0n) is 34.2. The second-order valence-electron chi connectivity index (χ2n) is 15.7. The lowest BCUT2D eigenvalue weighted by Gasteiger charge is -2.41. The van der Waals surface area contributed by atoms with Crippen LogP contribution < -0.4 is 0 Å². The van der Waals surface area contributed by atoms with E-state index < -0.39 is 115 Å². The van der Waals surface area contributed by atoms with Gasteiger partial charge in [0.25, 0.3) is 0 Å². The fourth-order valence-electron chi connectivity index (χ4n) is 7.98. The highest BCUT2D eigenvalue weighted by Crippen LogP contribution is 2.57. The van der Waals surface area contributed by atoms with Crippen molar-refractivity contribution in [1.29, 1.82) is 0 Å². The first-order valence-corrected chi connectivity index (χ1v) is 19.7. The average molecular weight is 815 g/mol. The molecule has 0 radical (unpaired) electrons. The number of rotatable bonds is 14. The monoisotopic (exact) mass is 814 g/mol. The number of ether oxygens (including phenoxy) is 6. The average Bonchev–Trinajstić information content (AvgIpc) is 3.47. The molecule has 1 saturated carbocycles. The van der Waals surface area contributed by atoms with Gasteiger partial charge in [0.05, 0.1) is 18.6 Å². The van der Waals surface area contributed by atoms with Crippen molar-refractivity contribution in [3.05, 3.63) is 22.8 Å². The van der Waals surface area contributed by atoms with E-state index in [2.05, 4.69) is 6.92 Å². The molecule has 6 N–H and O–H groups in total. The van der Waals surface area contributed by atoms with Gasteiger partial charge in [-0.15, -0.1) is 0 Å². The van der Waals surface area contributed by atoms with Crippen LogP contribution in [0.1, 0.15) is 120 Å². The summed E-state index contributed by atoms with van der Waals surface area (Å²) in [5, 5.41) is 59.5. The van der Waals surface area contributed by atoms with E-state index in [0.29, 0.717) is 12.8 Å². The van der Waals surface area contributed by atoms with E-state index in [1.165, 1.54) is 13.8 Å². The number of fused-ring (bicyclic) bond motifs is 3. The largest absolute Gasteiger partial charge is 0.459 e. The first-order valence-electron chi connectivity index (χ1n) is 19.7. The maximum Gasteiger partial charge on any atom is 0.341 e. The van der Waals surface area contributed by atoms with Crippen LogP contribution in [0.4, 0.5) is 0 Å². The first kappa shape index (κ1) is 47.9. The van der Waals surface area contributed by atoms with Crippen LogP contribution in [-0.2, 0) is 52.4 Å². The van der Waals surface area contributed by atoms with Crippen LogP contribution in [0, 0.1) is 5.92 Å². The number of hydrogen-bond donors (Lipinski definition) is 6. The molecule has 2 aliphatic heterocycles. The highest BCUT2D eigenvalue weighted by Gasteiger charge is 2.76. The van der Waals surface area contributed by atoms with Crippen molar-refractivity contribution in [3.63, 3.8) is 0 Å². The minimum Gasteiger partial charge on any atom is -0.459 e. The van der Waals surface area contributed by atoms with E-state index in [1.54, 1.807) is 33.8 Å². The molecule has 1 unspecified atom stereocenters. The lowest BCUT2D eigenvalue weighted by atomic mass is 9.75. The van der Waals surface area contributed by atoms with E-state index in [4.69, 9.17) is 48.8 Å². The lowest BCUT2D eigenvalue weighted by Crippen LogP contribution is -2.64. The lowest BCUT2D eigenvalue weighted by molar-refractivity contribution is -0.239. The molecule has 17 nitrogen and oxygen atoms in total. The molecule has 12 atom stereocenters. The Bertz CT molecular complexity index is 1520. The minimum atomic E-state index is -2.57. The van der Waals surface area contributed by atoms with Gasteiger partial charge in [-0.3, -0.25) is 14.4 Å². The van der Waals surface area contributed by atoms with E-state index in [-0.39, 0.29) is 36.0 Å². The van der Waals surface area contributed by atoms with Gasteiger partial charge in [0.2, 0.25) is 0 Å². The third kappa shape index (κ3) is 10.4. The molecule has 0 aromatic carbocycles. The number of carbonyl (C=O) groups excluding carboxylic acids is 5. The summed E-state index contributed by atoms with van der Waals surface area (Å²) >= 11 is 0. The molecule has 0 spiro atoms. The fraction of sp³-hybridized carbons (Fsp3) is 0.775. The van der Waals surface area contributed by atoms with E-state index in [0.717, 1.165) is 32.6 Å². The third-order valence-corrected chi connectivity index (χ3v) is 11.2. The Kier molecular flexibility index (Phi) is 16.8. The highest BCUT2D eigenvalue weighted by molar-refractivity contribution is 5.88. The van der Waals surface area contributed by atoms with Crippen molar-refractivity contribution in [2.24, 2.45) is 5.92 Å². The number of allylic oxidation sites excluding steroid dienone is 1. The Balaban J connectivity index is 0.000000679. The van der Waals surface area contributed by atoms with E-state index in [1.807, 2.05) is 0 Å². The summed E-state index contributed by atoms with van der Waals surface area (Å²) in [7, 11) is 0. The predicted molar refractivity (Wildman–Crippen MR) is 198 cm³/mol. The maximum absolute atomic E-state index is 13.3. The summed E-state index contributed by atoms with van der Waals surface area (Å²) in [6, 6.07) is 0. The molecule has 0 aromatic rings. The Hall–Kier alpha value is -3.45. The van der Waals surface area contributed by atoms with Crippen molar-refractivity contribution >= 4 is 29.8 Å². The molecule has 2 saturated heterocycles. The molecule has 0 bridgehead atoms. The number of hydrogen-bond acceptors (Lipinski definition) is 17. The fourth-order valence-corrected chi connectivity index (χ4v) is 7.98. The number of aliphatic hydroxyl groups is 6. The summed E-state index contributed by atoms with van der Waals surface area (Å²) in [6.45, 7) is 12.0. The van der Waals surface area contributed by atoms with Crippen LogP contribution in [0.5, 0.6) is 0 Å². The van der Waals surface area contributed by atoms with Gasteiger partial charge in [-0.25, -0.2) is 9.59 Å². The Morgan fingerprint density at radius 2 is 1.54 bits per heavy atom. The summed E-state index contributed by atoms with van der Waals surface area (Å²) in [5.41, 5.74) is -6.12. The van der Waals surface area contributed by atoms with Crippen molar-refractivity contribution in [1.82, 2.24) is 0 Å². The number of esters is 5. The Morgan fingerprint density at radius 3 is 2.12 bits per heavy atom. The molecule has 2 aliphatic carbocycles. The van der Waals surface area contributed by atoms with Crippen LogP contribution in [0.2, 0.25) is 0 Å². The van der Waals surface area contributed by atoms with Gasteiger partial charge >= 0.3 is 29.8 Å². The SMILES string of the molecule is C/C=C(/C)C(=O)O[C@H]1C(C)=C2[C@H]([C@@H]1OC(=O)CCCCCCC)[C@@](C)(OC(C)=O)C[C@H](OC(=O)CCC)[C@@]1(O)[C@H]2OC(=O)[C@@]1(C)O.OC[C@H]1OC(O)C[C@@H](O)[C@@H]1O. The molecule has 2 heterocycles. The number of unbranched alkanes of at least 4 members (excludes halogenated alkanes) is 4. The summed E-state index contributed by atoms with van der Waals surface area (Å²) in [4.78, 5) is 65.1. The van der Waals surface area contributed by atoms with Gasteiger partial charge in [-0.2, -0.15) is 0 Å². The second kappa shape index (κ2) is 20.0. The van der Waals surface area contributed by atoms with Crippen LogP contribution in [0.25, 0.3) is 0 Å². The quantitative estimate of drug-likeness (QED) is 0.0480. The number of aliphatic hydroxyl groups excluding tert-OH is 4. The molecule has 17 heteroatoms. The summed E-state index contributed by atoms with van der Waals surface area (Å²) in [6.07, 6.45) is -3.84. The van der Waals surface area contributed by atoms with E-state index in [9.17, 15) is 34.2 Å². The molecule has 4 rings (SSSR count). The summed E-state index contributed by atoms with van der Waals surface area (Å²) in [5.74, 6) is -5.03. The van der Waals surface area contributed by atoms with E-state index >= 15 is 0 Å². The van der Waals surface area contributed by atoms with Crippen molar-refractivity contribution < 1.29 is 83.0 Å². The zero-order valence-corrected chi connectivity index (χ0v) is 34.2. The van der Waals surface area contributed by atoms with Crippen LogP contribution in [0.15, 0.2) is 22.8 Å². The molecule has 4 aliphatic rings. The van der Waals surface area contributed by atoms with Gasteiger partial charge in [-0.05, 0) is 58.6 Å². The zero-order chi connectivity index (χ0) is 43.0. The van der Waals surface area contributed by atoms with Gasteiger partial charge in [0.1, 0.15) is 23.9 Å². The van der Waals surface area contributed by atoms with Gasteiger partial charge in [0, 0.05) is 38.2 Å². The molecule has 0 aromatic heterocycles. The topological polar surface area (TPSA) is 262 Å². The van der Waals surface area contributed by atoms with Gasteiger partial charge in [-0.1, -0.05) is 45.6 Å². The minimum absolute atomic E-state index is 0.0162. The Labute approximate surface area is 333 Å². The smallest absolute Gasteiger partial charge is 0.341 e. The van der Waals surface area contributed by atoms with Crippen LogP contribution >= 0.6 is 0 Å². The molecular formula is C40H62O17. The second-order valence-corrected chi connectivity index (χ2v) is 15.7. The molecule has 324 valence electrons. The molecule has 3 fully saturated rings. The summed E-state index contributed by atoms with van der Waals surface area (Å²) < 4.78 is 34.0. The van der Waals surface area contributed by atoms with Gasteiger partial charge in [0.15, 0.2) is 35.8 Å². The van der Waals surface area contributed by atoms with Crippen molar-refractivity contribution in [2.45, 2.75) is 185 Å². The first-order chi connectivity index (χ1) is 26.6. The highest BCUT2D eigenvalue weighted by atomic mass is 16.6. The molecule has 0 amide bonds. The maximum atomic E-state index is 13.3. The molecule has 57 heavy (non-hydrogen) atoms. The third-order valence-electron chi connectivity index (χ3n) is 11.2. The van der Waals surface area contributed by atoms with Crippen LogP contribution in [-0.4, -0.2) is 133 Å². The Morgan fingerprint density at radius 1 is 0.912 bits per heavy atom. The van der Waals surface area contributed by atoms with Gasteiger partial charge < -0.3 is 59.1 Å². The standard InChI is InChI=1S/C34H50O12.C6H12O5/c1-9-12-13-14-15-17-24(37)43-28-26-25(20(5)27(28)44-30(38)19(4)11-3)29-34(41,33(8,40)31(39)45-29)22(42-23(36)16-10-2)18-32(26,7)46-21(6)35;7-2-4-6(10)3(8)1-5(9)11-4/h11,22,26-29,40-41H,9-10,12-18H2,1-8H3;3-10H,1-2H2/b19-11-;/t22-,26+,27-,28-,29-,32-,33+,34+;3-,4-,5?,6+/m01/s1.